The molecule has 0 bridgehead atoms. The molecule has 1 aliphatic carbocycles. The van der Waals surface area contributed by atoms with Gasteiger partial charge in [-0.2, -0.15) is 15.0 Å². The highest BCUT2D eigenvalue weighted by Gasteiger charge is 2.17. The van der Waals surface area contributed by atoms with E-state index in [4.69, 9.17) is 10.5 Å². The van der Waals surface area contributed by atoms with Gasteiger partial charge in [0.25, 0.3) is 0 Å². The molecule has 1 heterocycles. The summed E-state index contributed by atoms with van der Waals surface area (Å²) in [4.78, 5) is 14.7. The van der Waals surface area contributed by atoms with Crippen LogP contribution in [0.5, 0.6) is 6.01 Å². The number of anilines is 2. The molecule has 1 aliphatic rings. The van der Waals surface area contributed by atoms with E-state index in [1.807, 2.05) is 4.90 Å². The molecule has 0 aliphatic heterocycles. The first-order valence-corrected chi connectivity index (χ1v) is 7.66. The Bertz CT molecular complexity index is 414. The van der Waals surface area contributed by atoms with Crippen LogP contribution in [-0.4, -0.2) is 34.1 Å². The highest BCUT2D eigenvalue weighted by atomic mass is 16.5. The van der Waals surface area contributed by atoms with E-state index in [0.717, 1.165) is 25.9 Å². The van der Waals surface area contributed by atoms with Gasteiger partial charge in [-0.15, -0.1) is 0 Å². The van der Waals surface area contributed by atoms with Crippen LogP contribution in [0, 0.1) is 0 Å². The van der Waals surface area contributed by atoms with Crippen LogP contribution in [0.25, 0.3) is 0 Å². The van der Waals surface area contributed by atoms with Crippen LogP contribution in [0.2, 0.25) is 0 Å². The van der Waals surface area contributed by atoms with Crippen LogP contribution in [0.3, 0.4) is 0 Å². The minimum absolute atomic E-state index is 0.212. The molecule has 1 aromatic rings. The second-order valence-corrected chi connectivity index (χ2v) is 5.18. The van der Waals surface area contributed by atoms with Crippen molar-refractivity contribution < 1.29 is 4.74 Å². The fraction of sp³-hybridized carbons (Fsp3) is 0.786. The van der Waals surface area contributed by atoms with Gasteiger partial charge in [0.1, 0.15) is 6.10 Å². The van der Waals surface area contributed by atoms with Gasteiger partial charge in [-0.3, -0.25) is 0 Å². The Morgan fingerprint density at radius 2 is 1.70 bits per heavy atom. The lowest BCUT2D eigenvalue weighted by molar-refractivity contribution is 0.168. The van der Waals surface area contributed by atoms with Crippen LogP contribution in [-0.2, 0) is 0 Å². The number of rotatable bonds is 5. The summed E-state index contributed by atoms with van der Waals surface area (Å²) in [5.41, 5.74) is 5.77. The lowest BCUT2D eigenvalue weighted by Crippen LogP contribution is -2.26. The number of nitrogens with two attached hydrogens (primary N) is 1. The number of nitrogens with zero attached hydrogens (tertiary/aromatic N) is 4. The summed E-state index contributed by atoms with van der Waals surface area (Å²) in [5, 5.41) is 0. The maximum Gasteiger partial charge on any atom is 0.323 e. The molecule has 0 spiro atoms. The average molecular weight is 279 g/mol. The van der Waals surface area contributed by atoms with E-state index in [9.17, 15) is 0 Å². The zero-order chi connectivity index (χ0) is 14.4. The molecule has 1 saturated carbocycles. The molecule has 112 valence electrons. The predicted octanol–water partition coefficient (Wildman–Crippen LogP) is 2.40. The largest absolute Gasteiger partial charge is 0.460 e. The quantitative estimate of drug-likeness (QED) is 0.834. The van der Waals surface area contributed by atoms with E-state index >= 15 is 0 Å². The molecular weight excluding hydrogens is 254 g/mol. The molecular formula is C14H25N5O. The summed E-state index contributed by atoms with van der Waals surface area (Å²) in [7, 11) is 0. The van der Waals surface area contributed by atoms with E-state index in [2.05, 4.69) is 28.8 Å². The van der Waals surface area contributed by atoms with Crippen molar-refractivity contribution in [3.8, 4) is 6.01 Å². The van der Waals surface area contributed by atoms with E-state index in [-0.39, 0.29) is 12.1 Å². The summed E-state index contributed by atoms with van der Waals surface area (Å²) in [6.07, 6.45) is 7.39. The Kier molecular flexibility index (Phi) is 5.38. The Labute approximate surface area is 120 Å². The summed E-state index contributed by atoms with van der Waals surface area (Å²) < 4.78 is 5.93. The van der Waals surface area contributed by atoms with Gasteiger partial charge in [0, 0.05) is 13.1 Å². The lowest BCUT2D eigenvalue weighted by atomic mass is 10.2. The molecule has 0 unspecified atom stereocenters. The number of aromatic nitrogens is 3. The molecule has 0 radical (unpaired) electrons. The van der Waals surface area contributed by atoms with Crippen molar-refractivity contribution in [2.45, 2.75) is 58.5 Å². The minimum atomic E-state index is 0.212. The number of ether oxygens (including phenoxy) is 1. The second-order valence-electron chi connectivity index (χ2n) is 5.18. The number of hydrogen-bond donors (Lipinski definition) is 1. The number of nitrogen functional groups attached to an aromatic ring is 1. The van der Waals surface area contributed by atoms with Gasteiger partial charge in [-0.25, -0.2) is 0 Å². The van der Waals surface area contributed by atoms with E-state index in [0.29, 0.717) is 12.0 Å². The summed E-state index contributed by atoms with van der Waals surface area (Å²) in [6, 6.07) is 0.367. The smallest absolute Gasteiger partial charge is 0.323 e. The van der Waals surface area contributed by atoms with Crippen molar-refractivity contribution in [1.82, 2.24) is 15.0 Å². The van der Waals surface area contributed by atoms with Gasteiger partial charge >= 0.3 is 6.01 Å². The summed E-state index contributed by atoms with van der Waals surface area (Å²) >= 11 is 0. The molecule has 1 fully saturated rings. The molecule has 2 N–H and O–H groups in total. The third-order valence-electron chi connectivity index (χ3n) is 3.74. The Morgan fingerprint density at radius 1 is 1.05 bits per heavy atom. The zero-order valence-electron chi connectivity index (χ0n) is 12.5. The number of hydrogen-bond acceptors (Lipinski definition) is 6. The third kappa shape index (κ3) is 3.95. The first-order chi connectivity index (χ1) is 9.72. The normalized spacial score (nSPS) is 16.7. The average Bonchev–Trinajstić information content (AvgIpc) is 2.68. The molecule has 6 nitrogen and oxygen atoms in total. The Hall–Kier alpha value is -1.59. The van der Waals surface area contributed by atoms with Gasteiger partial charge in [0.15, 0.2) is 0 Å². The maximum absolute atomic E-state index is 5.93. The Balaban J connectivity index is 2.10. The van der Waals surface area contributed by atoms with Crippen molar-refractivity contribution in [2.24, 2.45) is 0 Å². The summed E-state index contributed by atoms with van der Waals surface area (Å²) in [6.45, 7) is 5.80. The van der Waals surface area contributed by atoms with E-state index < -0.39 is 0 Å². The Morgan fingerprint density at radius 3 is 2.30 bits per heavy atom. The van der Waals surface area contributed by atoms with Crippen LogP contribution < -0.4 is 15.4 Å². The van der Waals surface area contributed by atoms with Gasteiger partial charge in [-0.1, -0.05) is 12.8 Å². The molecule has 20 heavy (non-hydrogen) atoms. The van der Waals surface area contributed by atoms with Gasteiger partial charge in [0.05, 0.1) is 0 Å². The topological polar surface area (TPSA) is 77.2 Å². The fourth-order valence-corrected chi connectivity index (χ4v) is 2.57. The lowest BCUT2D eigenvalue weighted by Gasteiger charge is -2.20. The van der Waals surface area contributed by atoms with E-state index in [1.54, 1.807) is 0 Å². The highest BCUT2D eigenvalue weighted by molar-refractivity contribution is 5.35. The summed E-state index contributed by atoms with van der Waals surface area (Å²) in [5.74, 6) is 0.830. The standard InChI is InChI=1S/C14H25N5O/c1-3-19(4-2)13-16-12(15)17-14(18-13)20-11-9-7-5-6-8-10-11/h11H,3-10H2,1-2H3,(H2,15,16,17,18). The highest BCUT2D eigenvalue weighted by Crippen LogP contribution is 2.22. The van der Waals surface area contributed by atoms with Crippen LogP contribution in [0.15, 0.2) is 0 Å². The predicted molar refractivity (Wildman–Crippen MR) is 79.9 cm³/mol. The molecule has 0 aromatic carbocycles. The molecule has 6 heteroatoms. The van der Waals surface area contributed by atoms with Crippen molar-refractivity contribution in [2.75, 3.05) is 23.7 Å². The van der Waals surface area contributed by atoms with Crippen LogP contribution in [0.1, 0.15) is 52.4 Å². The van der Waals surface area contributed by atoms with Gasteiger partial charge < -0.3 is 15.4 Å². The second kappa shape index (κ2) is 7.26. The van der Waals surface area contributed by atoms with Gasteiger partial charge in [-0.05, 0) is 39.5 Å². The molecule has 0 amide bonds. The fourth-order valence-electron chi connectivity index (χ4n) is 2.57. The maximum atomic E-state index is 5.93. The monoisotopic (exact) mass is 279 g/mol. The molecule has 0 saturated heterocycles. The molecule has 1 aromatic heterocycles. The van der Waals surface area contributed by atoms with Crippen molar-refractivity contribution in [1.29, 1.82) is 0 Å². The van der Waals surface area contributed by atoms with E-state index in [1.165, 1.54) is 25.7 Å². The van der Waals surface area contributed by atoms with Gasteiger partial charge in [0.2, 0.25) is 11.9 Å². The minimum Gasteiger partial charge on any atom is -0.460 e. The first-order valence-electron chi connectivity index (χ1n) is 7.66. The molecule has 0 atom stereocenters. The third-order valence-corrected chi connectivity index (χ3v) is 3.74. The first kappa shape index (κ1) is 14.8. The van der Waals surface area contributed by atoms with Crippen molar-refractivity contribution in [3.05, 3.63) is 0 Å². The zero-order valence-corrected chi connectivity index (χ0v) is 12.5. The van der Waals surface area contributed by atoms with Crippen molar-refractivity contribution >= 4 is 11.9 Å². The molecule has 2 rings (SSSR count). The van der Waals surface area contributed by atoms with Crippen molar-refractivity contribution in [3.63, 3.8) is 0 Å². The van der Waals surface area contributed by atoms with Crippen LogP contribution in [0.4, 0.5) is 11.9 Å². The SMILES string of the molecule is CCN(CC)c1nc(N)nc(OC2CCCCCC2)n1. The van der Waals surface area contributed by atoms with Crippen LogP contribution >= 0.6 is 0 Å².